The lowest BCUT2D eigenvalue weighted by Crippen LogP contribution is -2.24. The van der Waals surface area contributed by atoms with Gasteiger partial charge in [0.05, 0.1) is 5.69 Å². The molecule has 1 atom stereocenters. The third kappa shape index (κ3) is 1.58. The van der Waals surface area contributed by atoms with Crippen LogP contribution in [0.5, 0.6) is 0 Å². The number of benzene rings is 1. The molecule has 1 aromatic carbocycles. The Bertz CT molecular complexity index is 411. The normalized spacial score (nSPS) is 24.5. The summed E-state index contributed by atoms with van der Waals surface area (Å²) in [5, 5.41) is 3.23. The fourth-order valence-corrected chi connectivity index (χ4v) is 3.07. The molecule has 1 saturated carbocycles. The first kappa shape index (κ1) is 10.1. The van der Waals surface area contributed by atoms with E-state index in [2.05, 4.69) is 5.32 Å². The molecule has 1 fully saturated rings. The minimum Gasteiger partial charge on any atom is -0.379 e. The number of halogens is 2. The average Bonchev–Trinajstić information content (AvgIpc) is 2.82. The van der Waals surface area contributed by atoms with E-state index < -0.39 is 11.6 Å². The average molecular weight is 223 g/mol. The first-order chi connectivity index (χ1) is 7.74. The van der Waals surface area contributed by atoms with Gasteiger partial charge in [-0.3, -0.25) is 0 Å². The zero-order valence-corrected chi connectivity index (χ0v) is 9.10. The quantitative estimate of drug-likeness (QED) is 0.768. The second-order valence-corrected chi connectivity index (χ2v) is 4.92. The molecule has 1 nitrogen and oxygen atoms in total. The number of fused-ring (bicyclic) bond motifs is 1. The highest BCUT2D eigenvalue weighted by atomic mass is 19.1. The molecule has 0 saturated heterocycles. The molecule has 0 spiro atoms. The highest BCUT2D eigenvalue weighted by Gasteiger charge is 2.31. The summed E-state index contributed by atoms with van der Waals surface area (Å²) in [6, 6.07) is 2.73. The Morgan fingerprint density at radius 3 is 2.62 bits per heavy atom. The lowest BCUT2D eigenvalue weighted by Gasteiger charge is -2.18. The van der Waals surface area contributed by atoms with E-state index in [1.165, 1.54) is 31.7 Å². The van der Waals surface area contributed by atoms with E-state index in [0.717, 1.165) is 18.1 Å². The summed E-state index contributed by atoms with van der Waals surface area (Å²) in [7, 11) is 0. The van der Waals surface area contributed by atoms with Crippen LogP contribution in [0.1, 0.15) is 31.2 Å². The molecule has 1 aliphatic carbocycles. The van der Waals surface area contributed by atoms with E-state index in [1.54, 1.807) is 0 Å². The molecule has 86 valence electrons. The molecular weight excluding hydrogens is 208 g/mol. The standard InChI is InChI=1S/C13H15F2N/c14-10-5-9-6-12(8-3-1-2-4-8)16-13(9)11(15)7-10/h5,7-8,12,16H,1-4,6H2. The Morgan fingerprint density at radius 1 is 1.12 bits per heavy atom. The first-order valence-electron chi connectivity index (χ1n) is 5.98. The molecular formula is C13H15F2N. The molecule has 1 N–H and O–H groups in total. The first-order valence-corrected chi connectivity index (χ1v) is 5.98. The molecule has 1 heterocycles. The van der Waals surface area contributed by atoms with Gasteiger partial charge in [0, 0.05) is 12.1 Å². The van der Waals surface area contributed by atoms with Gasteiger partial charge in [-0.25, -0.2) is 8.78 Å². The predicted octanol–water partition coefficient (Wildman–Crippen LogP) is 3.49. The molecule has 0 radical (unpaired) electrons. The van der Waals surface area contributed by atoms with Gasteiger partial charge in [-0.2, -0.15) is 0 Å². The summed E-state index contributed by atoms with van der Waals surface area (Å²) in [4.78, 5) is 0. The molecule has 1 aliphatic heterocycles. The fraction of sp³-hybridized carbons (Fsp3) is 0.538. The highest BCUT2D eigenvalue weighted by Crippen LogP contribution is 2.37. The van der Waals surface area contributed by atoms with Gasteiger partial charge >= 0.3 is 0 Å². The lowest BCUT2D eigenvalue weighted by atomic mass is 9.95. The van der Waals surface area contributed by atoms with Crippen molar-refractivity contribution in [3.8, 4) is 0 Å². The van der Waals surface area contributed by atoms with E-state index in [4.69, 9.17) is 0 Å². The van der Waals surface area contributed by atoms with Crippen LogP contribution in [0.15, 0.2) is 12.1 Å². The molecule has 16 heavy (non-hydrogen) atoms. The molecule has 1 aromatic rings. The zero-order valence-electron chi connectivity index (χ0n) is 9.10. The van der Waals surface area contributed by atoms with Crippen molar-refractivity contribution in [3.05, 3.63) is 29.3 Å². The number of anilines is 1. The van der Waals surface area contributed by atoms with Crippen molar-refractivity contribution < 1.29 is 8.78 Å². The maximum atomic E-state index is 13.5. The van der Waals surface area contributed by atoms with Crippen LogP contribution in [-0.2, 0) is 6.42 Å². The topological polar surface area (TPSA) is 12.0 Å². The van der Waals surface area contributed by atoms with E-state index in [1.807, 2.05) is 0 Å². The van der Waals surface area contributed by atoms with Crippen molar-refractivity contribution in [2.45, 2.75) is 38.1 Å². The van der Waals surface area contributed by atoms with Gasteiger partial charge in [-0.1, -0.05) is 12.8 Å². The van der Waals surface area contributed by atoms with E-state index in [-0.39, 0.29) is 0 Å². The van der Waals surface area contributed by atoms with Crippen molar-refractivity contribution in [1.82, 2.24) is 0 Å². The Kier molecular flexibility index (Phi) is 2.34. The Labute approximate surface area is 93.9 Å². The van der Waals surface area contributed by atoms with Crippen molar-refractivity contribution >= 4 is 5.69 Å². The van der Waals surface area contributed by atoms with Gasteiger partial charge < -0.3 is 5.32 Å². The molecule has 2 aliphatic rings. The summed E-state index contributed by atoms with van der Waals surface area (Å²) in [6.45, 7) is 0. The summed E-state index contributed by atoms with van der Waals surface area (Å²) < 4.78 is 26.6. The van der Waals surface area contributed by atoms with Crippen molar-refractivity contribution in [1.29, 1.82) is 0 Å². The van der Waals surface area contributed by atoms with Crippen LogP contribution >= 0.6 is 0 Å². The maximum absolute atomic E-state index is 13.5. The minimum absolute atomic E-state index is 0.314. The third-order valence-electron chi connectivity index (χ3n) is 3.88. The van der Waals surface area contributed by atoms with E-state index in [0.29, 0.717) is 17.6 Å². The molecule has 0 amide bonds. The predicted molar refractivity (Wildman–Crippen MR) is 59.4 cm³/mol. The number of nitrogens with one attached hydrogen (secondary N) is 1. The van der Waals surface area contributed by atoms with Gasteiger partial charge in [0.2, 0.25) is 0 Å². The smallest absolute Gasteiger partial charge is 0.149 e. The SMILES string of the molecule is Fc1cc(F)c2c(c1)CC(C1CCCC1)N2. The van der Waals surface area contributed by atoms with E-state index >= 15 is 0 Å². The number of hydrogen-bond acceptors (Lipinski definition) is 1. The monoisotopic (exact) mass is 223 g/mol. The van der Waals surface area contributed by atoms with Gasteiger partial charge in [0.25, 0.3) is 0 Å². The molecule has 3 heteroatoms. The van der Waals surface area contributed by atoms with Crippen LogP contribution in [-0.4, -0.2) is 6.04 Å². The summed E-state index contributed by atoms with van der Waals surface area (Å²) >= 11 is 0. The summed E-state index contributed by atoms with van der Waals surface area (Å²) in [6.07, 6.45) is 5.76. The number of hydrogen-bond donors (Lipinski definition) is 1. The van der Waals surface area contributed by atoms with Gasteiger partial charge in [0.1, 0.15) is 11.6 Å². The van der Waals surface area contributed by atoms with Crippen molar-refractivity contribution in [3.63, 3.8) is 0 Å². The molecule has 0 bridgehead atoms. The van der Waals surface area contributed by atoms with Crippen LogP contribution in [0.25, 0.3) is 0 Å². The molecule has 1 unspecified atom stereocenters. The van der Waals surface area contributed by atoms with Crippen LogP contribution in [0.3, 0.4) is 0 Å². The lowest BCUT2D eigenvalue weighted by molar-refractivity contribution is 0.465. The fourth-order valence-electron chi connectivity index (χ4n) is 3.07. The highest BCUT2D eigenvalue weighted by molar-refractivity contribution is 5.58. The van der Waals surface area contributed by atoms with Gasteiger partial charge in [-0.15, -0.1) is 0 Å². The van der Waals surface area contributed by atoms with Crippen LogP contribution < -0.4 is 5.32 Å². The van der Waals surface area contributed by atoms with Crippen LogP contribution in [0.2, 0.25) is 0 Å². The Balaban J connectivity index is 1.85. The molecule has 0 aromatic heterocycles. The maximum Gasteiger partial charge on any atom is 0.149 e. The van der Waals surface area contributed by atoms with Gasteiger partial charge in [-0.05, 0) is 36.8 Å². The third-order valence-corrected chi connectivity index (χ3v) is 3.88. The Hall–Kier alpha value is -1.12. The van der Waals surface area contributed by atoms with Crippen LogP contribution in [0, 0.1) is 17.6 Å². The van der Waals surface area contributed by atoms with Gasteiger partial charge in [0.15, 0.2) is 0 Å². The largest absolute Gasteiger partial charge is 0.379 e. The Morgan fingerprint density at radius 2 is 1.88 bits per heavy atom. The summed E-state index contributed by atoms with van der Waals surface area (Å²) in [5.74, 6) is -0.282. The minimum atomic E-state index is -0.467. The zero-order chi connectivity index (χ0) is 11.1. The van der Waals surface area contributed by atoms with Crippen LogP contribution in [0.4, 0.5) is 14.5 Å². The van der Waals surface area contributed by atoms with Crippen molar-refractivity contribution in [2.24, 2.45) is 5.92 Å². The number of rotatable bonds is 1. The molecule has 3 rings (SSSR count). The second-order valence-electron chi connectivity index (χ2n) is 4.92. The van der Waals surface area contributed by atoms with Crippen molar-refractivity contribution in [2.75, 3.05) is 5.32 Å². The summed E-state index contributed by atoms with van der Waals surface area (Å²) in [5.41, 5.74) is 1.33. The second kappa shape index (κ2) is 3.72. The van der Waals surface area contributed by atoms with E-state index in [9.17, 15) is 8.78 Å².